The van der Waals surface area contributed by atoms with Gasteiger partial charge in [-0.1, -0.05) is 25.6 Å². The lowest BCUT2D eigenvalue weighted by Crippen LogP contribution is -2.16. The minimum Gasteiger partial charge on any atom is -0.382 e. The van der Waals surface area contributed by atoms with Gasteiger partial charge in [0, 0.05) is 0 Å². The molecule has 0 aliphatic carbocycles. The normalized spacial score (nSPS) is 11.3. The minimum absolute atomic E-state index is 0.450. The summed E-state index contributed by atoms with van der Waals surface area (Å²) in [7, 11) is -1.40. The van der Waals surface area contributed by atoms with Crippen LogP contribution in [0.3, 0.4) is 0 Å². The summed E-state index contributed by atoms with van der Waals surface area (Å²) in [6.07, 6.45) is 1.43. The number of rotatable bonds is 0. The molecule has 0 atom stereocenters. The maximum Gasteiger partial charge on any atom is 0.152 e. The number of anilines is 1. The zero-order chi connectivity index (χ0) is 12.6. The first-order chi connectivity index (χ1) is 7.88. The second-order valence-electron chi connectivity index (χ2n) is 4.79. The molecule has 0 aliphatic rings. The molecule has 0 bridgehead atoms. The average Bonchev–Trinajstić information content (AvgIpc) is 2.54. The SMILES string of the molecule is C[Si](C)(C)C#Cc1cc(Br)n2ncnc(N)c12. The number of hydrogen-bond donors (Lipinski definition) is 1. The first-order valence-electron chi connectivity index (χ1n) is 5.19. The zero-order valence-corrected chi connectivity index (χ0v) is 12.5. The number of nitrogen functional groups attached to an aromatic ring is 1. The van der Waals surface area contributed by atoms with E-state index in [9.17, 15) is 0 Å². The van der Waals surface area contributed by atoms with Crippen LogP contribution in [0.4, 0.5) is 5.82 Å². The topological polar surface area (TPSA) is 56.2 Å². The smallest absolute Gasteiger partial charge is 0.152 e. The number of nitrogens with zero attached hydrogens (tertiary/aromatic N) is 3. The van der Waals surface area contributed by atoms with Gasteiger partial charge < -0.3 is 5.73 Å². The molecule has 0 spiro atoms. The molecule has 0 aliphatic heterocycles. The van der Waals surface area contributed by atoms with Gasteiger partial charge in [0.2, 0.25) is 0 Å². The highest BCUT2D eigenvalue weighted by atomic mass is 79.9. The molecule has 0 unspecified atom stereocenters. The minimum atomic E-state index is -1.40. The maximum atomic E-state index is 5.86. The summed E-state index contributed by atoms with van der Waals surface area (Å²) in [5.41, 5.74) is 10.8. The predicted molar refractivity (Wildman–Crippen MR) is 75.3 cm³/mol. The molecular weight excluding hydrogens is 296 g/mol. The molecule has 0 amide bonds. The van der Waals surface area contributed by atoms with Crippen LogP contribution in [-0.2, 0) is 0 Å². The first-order valence-corrected chi connectivity index (χ1v) is 9.49. The fraction of sp³-hybridized carbons (Fsp3) is 0.273. The standard InChI is InChI=1S/C11H13BrN4Si/c1-17(2,3)5-4-8-6-9(12)16-10(8)11(13)14-7-15-16/h6-7H,1-3H3,(H2,13,14,15). The molecule has 0 saturated carbocycles. The lowest BCUT2D eigenvalue weighted by molar-refractivity contribution is 0.889. The van der Waals surface area contributed by atoms with E-state index in [0.29, 0.717) is 5.82 Å². The van der Waals surface area contributed by atoms with Gasteiger partial charge in [-0.25, -0.2) is 9.50 Å². The summed E-state index contributed by atoms with van der Waals surface area (Å²) in [6, 6.07) is 1.92. The Morgan fingerprint density at radius 1 is 1.41 bits per heavy atom. The van der Waals surface area contributed by atoms with Crippen LogP contribution in [0.25, 0.3) is 5.52 Å². The first kappa shape index (κ1) is 12.1. The molecule has 6 heteroatoms. The van der Waals surface area contributed by atoms with Gasteiger partial charge >= 0.3 is 0 Å². The van der Waals surface area contributed by atoms with Gasteiger partial charge in [-0.3, -0.25) is 0 Å². The van der Waals surface area contributed by atoms with Gasteiger partial charge in [0.05, 0.1) is 5.56 Å². The third-order valence-corrected chi connectivity index (χ3v) is 3.55. The third-order valence-electron chi connectivity index (χ3n) is 2.11. The Hall–Kier alpha value is -1.32. The van der Waals surface area contributed by atoms with E-state index >= 15 is 0 Å². The zero-order valence-electron chi connectivity index (χ0n) is 9.95. The number of nitrogens with two attached hydrogens (primary N) is 1. The highest BCUT2D eigenvalue weighted by Crippen LogP contribution is 2.22. The Bertz CT molecular complexity index is 630. The maximum absolute atomic E-state index is 5.86. The molecule has 2 N–H and O–H groups in total. The van der Waals surface area contributed by atoms with Crippen molar-refractivity contribution in [3.63, 3.8) is 0 Å². The summed E-state index contributed by atoms with van der Waals surface area (Å²) >= 11 is 3.43. The molecule has 0 saturated heterocycles. The highest BCUT2D eigenvalue weighted by molar-refractivity contribution is 9.10. The molecular formula is C11H13BrN4Si. The summed E-state index contributed by atoms with van der Waals surface area (Å²) in [4.78, 5) is 3.99. The number of fused-ring (bicyclic) bond motifs is 1. The summed E-state index contributed by atoms with van der Waals surface area (Å²) in [6.45, 7) is 6.60. The quantitative estimate of drug-likeness (QED) is 0.600. The number of halogens is 1. The summed E-state index contributed by atoms with van der Waals surface area (Å²) in [5, 5.41) is 4.13. The van der Waals surface area contributed by atoms with Crippen LogP contribution in [0.15, 0.2) is 17.0 Å². The van der Waals surface area contributed by atoms with Crippen molar-refractivity contribution in [1.29, 1.82) is 0 Å². The van der Waals surface area contributed by atoms with Crippen LogP contribution in [-0.4, -0.2) is 22.7 Å². The lowest BCUT2D eigenvalue weighted by Gasteiger charge is -2.03. The van der Waals surface area contributed by atoms with Crippen molar-refractivity contribution < 1.29 is 0 Å². The van der Waals surface area contributed by atoms with E-state index in [0.717, 1.165) is 15.7 Å². The van der Waals surface area contributed by atoms with Crippen molar-refractivity contribution in [1.82, 2.24) is 14.6 Å². The van der Waals surface area contributed by atoms with E-state index in [4.69, 9.17) is 5.73 Å². The van der Waals surface area contributed by atoms with Crippen LogP contribution < -0.4 is 5.73 Å². The Labute approximate surface area is 109 Å². The van der Waals surface area contributed by atoms with Crippen molar-refractivity contribution in [2.24, 2.45) is 0 Å². The van der Waals surface area contributed by atoms with Gasteiger partial charge in [-0.2, -0.15) is 5.10 Å². The third kappa shape index (κ3) is 2.51. The van der Waals surface area contributed by atoms with E-state index in [-0.39, 0.29) is 0 Å². The Balaban J connectivity index is 2.66. The second-order valence-corrected chi connectivity index (χ2v) is 10.3. The molecule has 88 valence electrons. The summed E-state index contributed by atoms with van der Waals surface area (Å²) in [5.74, 6) is 3.64. The predicted octanol–water partition coefficient (Wildman–Crippen LogP) is 2.30. The van der Waals surface area contributed by atoms with Crippen molar-refractivity contribution in [3.8, 4) is 11.5 Å². The largest absolute Gasteiger partial charge is 0.382 e. The Morgan fingerprint density at radius 2 is 2.12 bits per heavy atom. The van der Waals surface area contributed by atoms with Crippen molar-refractivity contribution in [3.05, 3.63) is 22.6 Å². The van der Waals surface area contributed by atoms with Crippen LogP contribution in [0.1, 0.15) is 5.56 Å². The molecule has 4 nitrogen and oxygen atoms in total. The number of aromatic nitrogens is 3. The van der Waals surface area contributed by atoms with Gasteiger partial charge in [0.25, 0.3) is 0 Å². The van der Waals surface area contributed by atoms with Crippen LogP contribution in [0.2, 0.25) is 19.6 Å². The van der Waals surface area contributed by atoms with Gasteiger partial charge in [-0.15, -0.1) is 5.54 Å². The summed E-state index contributed by atoms with van der Waals surface area (Å²) < 4.78 is 2.54. The molecule has 2 aromatic heterocycles. The fourth-order valence-electron chi connectivity index (χ4n) is 1.38. The van der Waals surface area contributed by atoms with Crippen molar-refractivity contribution >= 4 is 35.3 Å². The highest BCUT2D eigenvalue weighted by Gasteiger charge is 2.12. The number of hydrogen-bond acceptors (Lipinski definition) is 3. The fourth-order valence-corrected chi connectivity index (χ4v) is 2.39. The monoisotopic (exact) mass is 308 g/mol. The lowest BCUT2D eigenvalue weighted by atomic mass is 10.3. The molecule has 0 fully saturated rings. The van der Waals surface area contributed by atoms with E-state index in [1.165, 1.54) is 6.33 Å². The van der Waals surface area contributed by atoms with Crippen LogP contribution in [0.5, 0.6) is 0 Å². The Morgan fingerprint density at radius 3 is 2.76 bits per heavy atom. The van der Waals surface area contributed by atoms with Crippen molar-refractivity contribution in [2.75, 3.05) is 5.73 Å². The van der Waals surface area contributed by atoms with E-state index in [1.54, 1.807) is 4.52 Å². The van der Waals surface area contributed by atoms with Gasteiger partial charge in [-0.05, 0) is 22.0 Å². The van der Waals surface area contributed by atoms with Crippen LogP contribution in [0, 0.1) is 11.5 Å². The molecule has 2 heterocycles. The molecule has 2 rings (SSSR count). The second kappa shape index (κ2) is 4.16. The van der Waals surface area contributed by atoms with E-state index in [1.807, 2.05) is 6.07 Å². The van der Waals surface area contributed by atoms with E-state index < -0.39 is 8.07 Å². The molecule has 17 heavy (non-hydrogen) atoms. The van der Waals surface area contributed by atoms with Gasteiger partial charge in [0.15, 0.2) is 5.82 Å². The molecule has 0 aromatic carbocycles. The molecule has 2 aromatic rings. The Kier molecular flexibility index (Phi) is 2.97. The van der Waals surface area contributed by atoms with Crippen LogP contribution >= 0.6 is 15.9 Å². The van der Waals surface area contributed by atoms with E-state index in [2.05, 4.69) is 57.1 Å². The van der Waals surface area contributed by atoms with Gasteiger partial charge in [0.1, 0.15) is 24.5 Å². The van der Waals surface area contributed by atoms with Crippen molar-refractivity contribution in [2.45, 2.75) is 19.6 Å². The average molecular weight is 309 g/mol. The molecule has 0 radical (unpaired) electrons.